The molecule has 1 heterocycles. The molecule has 0 bridgehead atoms. The zero-order chi connectivity index (χ0) is 13.9. The van der Waals surface area contributed by atoms with E-state index < -0.39 is 13.0 Å². The SMILES string of the molecule is FC(F)COCc1c(CNC2CC2)sc2ccccc12. The Bertz CT molecular complexity index is 580. The highest BCUT2D eigenvalue weighted by molar-refractivity contribution is 7.19. The van der Waals surface area contributed by atoms with Crippen molar-refractivity contribution in [3.8, 4) is 0 Å². The molecule has 108 valence electrons. The lowest BCUT2D eigenvalue weighted by molar-refractivity contribution is 0.0101. The summed E-state index contributed by atoms with van der Waals surface area (Å²) < 4.78 is 30.7. The molecule has 1 saturated carbocycles. The summed E-state index contributed by atoms with van der Waals surface area (Å²) in [6.07, 6.45) is 0.0671. The molecule has 0 radical (unpaired) electrons. The van der Waals surface area contributed by atoms with Gasteiger partial charge in [-0.1, -0.05) is 18.2 Å². The second-order valence-corrected chi connectivity index (χ2v) is 6.20. The van der Waals surface area contributed by atoms with Gasteiger partial charge in [-0.05, 0) is 24.3 Å². The summed E-state index contributed by atoms with van der Waals surface area (Å²) in [5, 5.41) is 4.60. The second-order valence-electron chi connectivity index (χ2n) is 5.06. The third-order valence-electron chi connectivity index (χ3n) is 3.40. The molecular weight excluding hydrogens is 280 g/mol. The van der Waals surface area contributed by atoms with Crippen LogP contribution >= 0.6 is 11.3 Å². The van der Waals surface area contributed by atoms with Crippen LogP contribution in [0.3, 0.4) is 0 Å². The predicted octanol–water partition coefficient (Wildman–Crippen LogP) is 3.94. The number of halogens is 2. The molecule has 0 atom stereocenters. The van der Waals surface area contributed by atoms with E-state index in [0.29, 0.717) is 6.04 Å². The van der Waals surface area contributed by atoms with Gasteiger partial charge < -0.3 is 10.1 Å². The van der Waals surface area contributed by atoms with E-state index in [9.17, 15) is 8.78 Å². The quantitative estimate of drug-likeness (QED) is 0.836. The maximum Gasteiger partial charge on any atom is 0.261 e. The molecule has 3 rings (SSSR count). The first kappa shape index (κ1) is 13.9. The highest BCUT2D eigenvalue weighted by atomic mass is 32.1. The minimum Gasteiger partial charge on any atom is -0.371 e. The van der Waals surface area contributed by atoms with Gasteiger partial charge in [-0.2, -0.15) is 0 Å². The molecule has 1 fully saturated rings. The average Bonchev–Trinajstić information content (AvgIpc) is 3.19. The molecule has 5 heteroatoms. The van der Waals surface area contributed by atoms with E-state index in [0.717, 1.165) is 17.5 Å². The van der Waals surface area contributed by atoms with Gasteiger partial charge in [0.1, 0.15) is 6.61 Å². The molecule has 0 saturated heterocycles. The van der Waals surface area contributed by atoms with E-state index in [4.69, 9.17) is 4.74 Å². The Kier molecular flexibility index (Phi) is 4.29. The van der Waals surface area contributed by atoms with Crippen molar-refractivity contribution in [1.29, 1.82) is 0 Å². The number of nitrogens with one attached hydrogen (secondary N) is 1. The van der Waals surface area contributed by atoms with Gasteiger partial charge in [-0.15, -0.1) is 11.3 Å². The number of ether oxygens (including phenoxy) is 1. The zero-order valence-electron chi connectivity index (χ0n) is 11.1. The summed E-state index contributed by atoms with van der Waals surface area (Å²) in [7, 11) is 0. The van der Waals surface area contributed by atoms with Crippen LogP contribution < -0.4 is 5.32 Å². The largest absolute Gasteiger partial charge is 0.371 e. The highest BCUT2D eigenvalue weighted by Crippen LogP contribution is 2.32. The van der Waals surface area contributed by atoms with E-state index in [-0.39, 0.29) is 6.61 Å². The number of benzene rings is 1. The summed E-state index contributed by atoms with van der Waals surface area (Å²) in [4.78, 5) is 1.20. The van der Waals surface area contributed by atoms with E-state index in [2.05, 4.69) is 11.4 Å². The normalized spacial score (nSPS) is 15.3. The Morgan fingerprint density at radius 2 is 2.10 bits per heavy atom. The number of thiophene rings is 1. The summed E-state index contributed by atoms with van der Waals surface area (Å²) in [5.74, 6) is 0. The first-order valence-electron chi connectivity index (χ1n) is 6.82. The van der Waals surface area contributed by atoms with Crippen LogP contribution in [0.2, 0.25) is 0 Å². The molecule has 2 nitrogen and oxygen atoms in total. The van der Waals surface area contributed by atoms with E-state index in [1.54, 1.807) is 11.3 Å². The van der Waals surface area contributed by atoms with Gasteiger partial charge in [0, 0.05) is 27.7 Å². The van der Waals surface area contributed by atoms with E-state index in [1.165, 1.54) is 22.4 Å². The molecule has 0 aliphatic heterocycles. The smallest absolute Gasteiger partial charge is 0.261 e. The lowest BCUT2D eigenvalue weighted by Gasteiger charge is -2.07. The van der Waals surface area contributed by atoms with Gasteiger partial charge >= 0.3 is 0 Å². The van der Waals surface area contributed by atoms with E-state index in [1.807, 2.05) is 18.2 Å². The molecule has 1 aromatic carbocycles. The highest BCUT2D eigenvalue weighted by Gasteiger charge is 2.21. The second kappa shape index (κ2) is 6.16. The van der Waals surface area contributed by atoms with Crippen LogP contribution in [-0.2, 0) is 17.9 Å². The molecule has 20 heavy (non-hydrogen) atoms. The fourth-order valence-electron chi connectivity index (χ4n) is 2.23. The maximum atomic E-state index is 12.2. The standard InChI is InChI=1S/C15H17F2NOS/c16-15(17)9-19-8-12-11-3-1-2-4-13(11)20-14(12)7-18-10-5-6-10/h1-4,10,15,18H,5-9H2. The summed E-state index contributed by atoms with van der Waals surface area (Å²) in [6, 6.07) is 8.71. The Balaban J connectivity index is 1.78. The van der Waals surface area contributed by atoms with Crippen LogP contribution in [0.25, 0.3) is 10.1 Å². The molecule has 1 aromatic heterocycles. The maximum absolute atomic E-state index is 12.2. The van der Waals surface area contributed by atoms with E-state index >= 15 is 0 Å². The third kappa shape index (κ3) is 3.34. The van der Waals surface area contributed by atoms with Crippen molar-refractivity contribution >= 4 is 21.4 Å². The minimum absolute atomic E-state index is 0.260. The molecule has 0 unspecified atom stereocenters. The predicted molar refractivity (Wildman–Crippen MR) is 77.3 cm³/mol. The summed E-state index contributed by atoms with van der Waals surface area (Å²) in [5.41, 5.74) is 1.06. The Hall–Kier alpha value is -1.04. The van der Waals surface area contributed by atoms with Crippen molar-refractivity contribution in [2.45, 2.75) is 38.5 Å². The van der Waals surface area contributed by atoms with Crippen LogP contribution in [0.5, 0.6) is 0 Å². The molecular formula is C15H17F2NOS. The van der Waals surface area contributed by atoms with Gasteiger partial charge in [0.2, 0.25) is 0 Å². The molecule has 1 aliphatic carbocycles. The first-order chi connectivity index (χ1) is 9.74. The van der Waals surface area contributed by atoms with Crippen LogP contribution in [0, 0.1) is 0 Å². The van der Waals surface area contributed by atoms with Crippen LogP contribution in [-0.4, -0.2) is 19.1 Å². The van der Waals surface area contributed by atoms with Crippen molar-refractivity contribution in [3.63, 3.8) is 0 Å². The van der Waals surface area contributed by atoms with Crippen molar-refractivity contribution in [3.05, 3.63) is 34.7 Å². The Labute approximate surface area is 120 Å². The summed E-state index contributed by atoms with van der Waals surface area (Å²) in [6.45, 7) is 0.563. The lowest BCUT2D eigenvalue weighted by atomic mass is 10.1. The zero-order valence-corrected chi connectivity index (χ0v) is 11.9. The molecule has 1 N–H and O–H groups in total. The van der Waals surface area contributed by atoms with Gasteiger partial charge in [-0.25, -0.2) is 8.78 Å². The number of alkyl halides is 2. The molecule has 1 aliphatic rings. The lowest BCUT2D eigenvalue weighted by Crippen LogP contribution is -2.15. The topological polar surface area (TPSA) is 21.3 Å². The van der Waals surface area contributed by atoms with Gasteiger partial charge in [0.15, 0.2) is 0 Å². The van der Waals surface area contributed by atoms with Gasteiger partial charge in [-0.3, -0.25) is 0 Å². The average molecular weight is 297 g/mol. The molecule has 0 amide bonds. The fraction of sp³-hybridized carbons (Fsp3) is 0.467. The van der Waals surface area contributed by atoms with Crippen molar-refractivity contribution in [1.82, 2.24) is 5.32 Å². The minimum atomic E-state index is -2.41. The van der Waals surface area contributed by atoms with Crippen molar-refractivity contribution in [2.24, 2.45) is 0 Å². The number of hydrogen-bond acceptors (Lipinski definition) is 3. The number of fused-ring (bicyclic) bond motifs is 1. The van der Waals surface area contributed by atoms with Crippen LogP contribution in [0.1, 0.15) is 23.3 Å². The van der Waals surface area contributed by atoms with Crippen molar-refractivity contribution in [2.75, 3.05) is 6.61 Å². The third-order valence-corrected chi connectivity index (χ3v) is 4.61. The van der Waals surface area contributed by atoms with Crippen molar-refractivity contribution < 1.29 is 13.5 Å². The molecule has 0 spiro atoms. The van der Waals surface area contributed by atoms with Gasteiger partial charge in [0.05, 0.1) is 6.61 Å². The first-order valence-corrected chi connectivity index (χ1v) is 7.64. The monoisotopic (exact) mass is 297 g/mol. The number of hydrogen-bond donors (Lipinski definition) is 1. The molecule has 2 aromatic rings. The Morgan fingerprint density at radius 3 is 2.85 bits per heavy atom. The van der Waals surface area contributed by atoms with Gasteiger partial charge in [0.25, 0.3) is 6.43 Å². The number of rotatable bonds is 7. The fourth-order valence-corrected chi connectivity index (χ4v) is 3.39. The Morgan fingerprint density at radius 1 is 1.30 bits per heavy atom. The summed E-state index contributed by atoms with van der Waals surface area (Å²) >= 11 is 1.72. The van der Waals surface area contributed by atoms with Crippen LogP contribution in [0.15, 0.2) is 24.3 Å². The van der Waals surface area contributed by atoms with Crippen LogP contribution in [0.4, 0.5) is 8.78 Å².